The molecule has 2 N–H and O–H groups in total. The Balaban J connectivity index is 2.11. The van der Waals surface area contributed by atoms with Gasteiger partial charge in [0.15, 0.2) is 0 Å². The highest BCUT2D eigenvalue weighted by Crippen LogP contribution is 2.22. The van der Waals surface area contributed by atoms with Crippen LogP contribution in [0, 0.1) is 5.82 Å². The summed E-state index contributed by atoms with van der Waals surface area (Å²) >= 11 is 3.37. The first-order valence-electron chi connectivity index (χ1n) is 5.58. The summed E-state index contributed by atoms with van der Waals surface area (Å²) < 4.78 is 14.5. The van der Waals surface area contributed by atoms with E-state index in [9.17, 15) is 4.39 Å². The molecule has 0 aliphatic carbocycles. The van der Waals surface area contributed by atoms with Gasteiger partial charge < -0.3 is 5.73 Å². The standard InChI is InChI=1S/C12H16BrFN2/c13-10-3-4-12(14)9(6-10)8-16-5-1-2-11(16)7-15/h3-4,6,11H,1-2,5,7-8,15H2. The first kappa shape index (κ1) is 12.0. The predicted molar refractivity (Wildman–Crippen MR) is 66.6 cm³/mol. The Bertz CT molecular complexity index is 370. The van der Waals surface area contributed by atoms with Crippen LogP contribution in [0.4, 0.5) is 4.39 Å². The van der Waals surface area contributed by atoms with Gasteiger partial charge in [0.05, 0.1) is 0 Å². The fraction of sp³-hybridized carbons (Fsp3) is 0.500. The number of benzene rings is 1. The fourth-order valence-corrected chi connectivity index (χ4v) is 2.66. The molecule has 1 atom stereocenters. The Morgan fingerprint density at radius 3 is 3.06 bits per heavy atom. The molecule has 1 aromatic rings. The van der Waals surface area contributed by atoms with E-state index < -0.39 is 0 Å². The maximum atomic E-state index is 13.6. The lowest BCUT2D eigenvalue weighted by Gasteiger charge is -2.23. The maximum absolute atomic E-state index is 13.6. The molecule has 1 heterocycles. The van der Waals surface area contributed by atoms with Gasteiger partial charge in [-0.25, -0.2) is 4.39 Å². The van der Waals surface area contributed by atoms with Gasteiger partial charge in [0.25, 0.3) is 0 Å². The van der Waals surface area contributed by atoms with Crippen LogP contribution in [0.25, 0.3) is 0 Å². The number of rotatable bonds is 3. The highest BCUT2D eigenvalue weighted by Gasteiger charge is 2.23. The van der Waals surface area contributed by atoms with E-state index in [0.29, 0.717) is 19.1 Å². The van der Waals surface area contributed by atoms with Crippen molar-refractivity contribution in [2.75, 3.05) is 13.1 Å². The summed E-state index contributed by atoms with van der Waals surface area (Å²) in [5.41, 5.74) is 6.45. The molecule has 1 unspecified atom stereocenters. The van der Waals surface area contributed by atoms with Crippen LogP contribution in [0.5, 0.6) is 0 Å². The minimum absolute atomic E-state index is 0.133. The number of hydrogen-bond donors (Lipinski definition) is 1. The Labute approximate surface area is 104 Å². The maximum Gasteiger partial charge on any atom is 0.127 e. The van der Waals surface area contributed by atoms with E-state index in [1.165, 1.54) is 6.07 Å². The van der Waals surface area contributed by atoms with Crippen LogP contribution in [0.2, 0.25) is 0 Å². The molecule has 1 fully saturated rings. The van der Waals surface area contributed by atoms with Crippen LogP contribution in [0.15, 0.2) is 22.7 Å². The Kier molecular flexibility index (Phi) is 3.95. The topological polar surface area (TPSA) is 29.3 Å². The van der Waals surface area contributed by atoms with E-state index >= 15 is 0 Å². The zero-order valence-corrected chi connectivity index (χ0v) is 10.7. The van der Waals surface area contributed by atoms with E-state index in [1.54, 1.807) is 6.07 Å². The van der Waals surface area contributed by atoms with Gasteiger partial charge in [-0.15, -0.1) is 0 Å². The predicted octanol–water partition coefficient (Wildman–Crippen LogP) is 2.51. The van der Waals surface area contributed by atoms with Gasteiger partial charge in [-0.2, -0.15) is 0 Å². The van der Waals surface area contributed by atoms with Crippen LogP contribution < -0.4 is 5.73 Å². The molecule has 1 aromatic carbocycles. The van der Waals surface area contributed by atoms with E-state index in [1.807, 2.05) is 6.07 Å². The third-order valence-corrected chi connectivity index (χ3v) is 3.65. The van der Waals surface area contributed by atoms with Crippen molar-refractivity contribution < 1.29 is 4.39 Å². The largest absolute Gasteiger partial charge is 0.329 e. The summed E-state index contributed by atoms with van der Waals surface area (Å²) in [6.45, 7) is 2.34. The fourth-order valence-electron chi connectivity index (χ4n) is 2.25. The molecule has 0 spiro atoms. The van der Waals surface area contributed by atoms with Crippen LogP contribution in [-0.4, -0.2) is 24.0 Å². The number of likely N-dealkylation sites (tertiary alicyclic amines) is 1. The molecule has 4 heteroatoms. The van der Waals surface area contributed by atoms with Crippen LogP contribution >= 0.6 is 15.9 Å². The third kappa shape index (κ3) is 2.62. The highest BCUT2D eigenvalue weighted by molar-refractivity contribution is 9.10. The number of hydrogen-bond acceptors (Lipinski definition) is 2. The van der Waals surface area contributed by atoms with Crippen molar-refractivity contribution in [3.05, 3.63) is 34.1 Å². The lowest BCUT2D eigenvalue weighted by atomic mass is 10.1. The molecule has 2 rings (SSSR count). The summed E-state index contributed by atoms with van der Waals surface area (Å²) in [6.07, 6.45) is 2.30. The average Bonchev–Trinajstić information content (AvgIpc) is 2.71. The monoisotopic (exact) mass is 286 g/mol. The molecule has 0 amide bonds. The van der Waals surface area contributed by atoms with E-state index in [-0.39, 0.29) is 5.82 Å². The summed E-state index contributed by atoms with van der Waals surface area (Å²) in [4.78, 5) is 2.27. The molecule has 1 saturated heterocycles. The second kappa shape index (κ2) is 5.25. The van der Waals surface area contributed by atoms with Crippen LogP contribution in [0.1, 0.15) is 18.4 Å². The second-order valence-electron chi connectivity index (χ2n) is 4.24. The lowest BCUT2D eigenvalue weighted by molar-refractivity contribution is 0.247. The van der Waals surface area contributed by atoms with Crippen molar-refractivity contribution in [3.63, 3.8) is 0 Å². The zero-order valence-electron chi connectivity index (χ0n) is 9.13. The second-order valence-corrected chi connectivity index (χ2v) is 5.15. The minimum Gasteiger partial charge on any atom is -0.329 e. The summed E-state index contributed by atoms with van der Waals surface area (Å²) in [5.74, 6) is -0.133. The highest BCUT2D eigenvalue weighted by atomic mass is 79.9. The molecule has 0 aromatic heterocycles. The quantitative estimate of drug-likeness (QED) is 0.925. The smallest absolute Gasteiger partial charge is 0.127 e. The van der Waals surface area contributed by atoms with Crippen LogP contribution in [-0.2, 0) is 6.54 Å². The number of halogens is 2. The van der Waals surface area contributed by atoms with E-state index in [2.05, 4.69) is 20.8 Å². The molecular weight excluding hydrogens is 271 g/mol. The molecule has 2 nitrogen and oxygen atoms in total. The molecular formula is C12H16BrFN2. The summed E-state index contributed by atoms with van der Waals surface area (Å²) in [7, 11) is 0. The first-order valence-corrected chi connectivity index (χ1v) is 6.38. The minimum atomic E-state index is -0.133. The average molecular weight is 287 g/mol. The molecule has 1 aliphatic rings. The number of nitrogens with two attached hydrogens (primary N) is 1. The molecule has 0 radical (unpaired) electrons. The van der Waals surface area contributed by atoms with Gasteiger partial charge in [0.2, 0.25) is 0 Å². The van der Waals surface area contributed by atoms with E-state index in [0.717, 1.165) is 29.4 Å². The first-order chi connectivity index (χ1) is 7.70. The van der Waals surface area contributed by atoms with Gasteiger partial charge >= 0.3 is 0 Å². The normalized spacial score (nSPS) is 21.6. The van der Waals surface area contributed by atoms with Crippen molar-refractivity contribution in [2.45, 2.75) is 25.4 Å². The third-order valence-electron chi connectivity index (χ3n) is 3.15. The molecule has 0 saturated carbocycles. The van der Waals surface area contributed by atoms with Gasteiger partial charge in [0.1, 0.15) is 5.82 Å². The summed E-state index contributed by atoms with van der Waals surface area (Å²) in [5, 5.41) is 0. The van der Waals surface area contributed by atoms with Crippen molar-refractivity contribution in [2.24, 2.45) is 5.73 Å². The van der Waals surface area contributed by atoms with Crippen molar-refractivity contribution in [3.8, 4) is 0 Å². The van der Waals surface area contributed by atoms with Gasteiger partial charge in [-0.1, -0.05) is 15.9 Å². The van der Waals surface area contributed by atoms with Crippen molar-refractivity contribution in [1.82, 2.24) is 4.90 Å². The lowest BCUT2D eigenvalue weighted by Crippen LogP contribution is -2.35. The summed E-state index contributed by atoms with van der Waals surface area (Å²) in [6, 6.07) is 5.50. The number of nitrogens with zero attached hydrogens (tertiary/aromatic N) is 1. The van der Waals surface area contributed by atoms with Gasteiger partial charge in [-0.3, -0.25) is 4.90 Å². The Morgan fingerprint density at radius 1 is 1.50 bits per heavy atom. The molecule has 0 bridgehead atoms. The molecule has 1 aliphatic heterocycles. The molecule has 88 valence electrons. The van der Waals surface area contributed by atoms with Crippen molar-refractivity contribution in [1.29, 1.82) is 0 Å². The zero-order chi connectivity index (χ0) is 11.5. The van der Waals surface area contributed by atoms with Crippen molar-refractivity contribution >= 4 is 15.9 Å². The molecule has 16 heavy (non-hydrogen) atoms. The Morgan fingerprint density at radius 2 is 2.31 bits per heavy atom. The van der Waals surface area contributed by atoms with Gasteiger partial charge in [-0.05, 0) is 37.6 Å². The van der Waals surface area contributed by atoms with Gasteiger partial charge in [0, 0.05) is 29.2 Å². The van der Waals surface area contributed by atoms with Crippen LogP contribution in [0.3, 0.4) is 0 Å². The van der Waals surface area contributed by atoms with E-state index in [4.69, 9.17) is 5.73 Å². The SMILES string of the molecule is NCC1CCCN1Cc1cc(Br)ccc1F. The Hall–Kier alpha value is -0.450.